The molecule has 0 radical (unpaired) electrons. The lowest BCUT2D eigenvalue weighted by atomic mass is 9.63. The minimum Gasteiger partial charge on any atom is -0.492 e. The maximum atomic E-state index is 6.36. The van der Waals surface area contributed by atoms with E-state index in [1.165, 1.54) is 6.42 Å². The summed E-state index contributed by atoms with van der Waals surface area (Å²) in [6.07, 6.45) is 3.43. The molecule has 0 aromatic heterocycles. The van der Waals surface area contributed by atoms with Gasteiger partial charge in [0.05, 0.1) is 11.6 Å². The van der Waals surface area contributed by atoms with Gasteiger partial charge in [0, 0.05) is 11.5 Å². The topological polar surface area (TPSA) is 61.3 Å². The van der Waals surface area contributed by atoms with Crippen molar-refractivity contribution < 1.29 is 4.74 Å². The Morgan fingerprint density at radius 1 is 1.44 bits per heavy atom. The second-order valence-electron chi connectivity index (χ2n) is 5.02. The quantitative estimate of drug-likeness (QED) is 0.863. The normalized spacial score (nSPS) is 19.1. The van der Waals surface area contributed by atoms with Gasteiger partial charge in [-0.05, 0) is 44.0 Å². The molecule has 0 heterocycles. The molecule has 0 amide bonds. The summed E-state index contributed by atoms with van der Waals surface area (Å²) in [6, 6.07) is 5.76. The Labute approximate surface area is 113 Å². The van der Waals surface area contributed by atoms with Gasteiger partial charge in [-0.25, -0.2) is 0 Å². The smallest absolute Gasteiger partial charge is 0.137 e. The minimum atomic E-state index is -0.0376. The number of ether oxygens (including phenoxy) is 1. The van der Waals surface area contributed by atoms with Crippen molar-refractivity contribution in [3.05, 3.63) is 28.8 Å². The molecular weight excluding hydrogens is 248 g/mol. The summed E-state index contributed by atoms with van der Waals surface area (Å²) >= 11 is 6.19. The zero-order chi connectivity index (χ0) is 13.2. The summed E-state index contributed by atoms with van der Waals surface area (Å²) in [6.45, 7) is 3.19. The van der Waals surface area contributed by atoms with E-state index in [1.54, 1.807) is 0 Å². The average Bonchev–Trinajstić information content (AvgIpc) is 2.31. The van der Waals surface area contributed by atoms with Gasteiger partial charge in [-0.2, -0.15) is 0 Å². The lowest BCUT2D eigenvalue weighted by molar-refractivity contribution is 0.104. The van der Waals surface area contributed by atoms with Crippen molar-refractivity contribution in [1.29, 1.82) is 0 Å². The third-order valence-corrected chi connectivity index (χ3v) is 4.33. The molecule has 3 nitrogen and oxygen atoms in total. The SMILES string of the molecule is CCOc1ccc(C(N)C2(CN)CCC2)cc1Cl. The van der Waals surface area contributed by atoms with Crippen LogP contribution in [0.5, 0.6) is 5.75 Å². The van der Waals surface area contributed by atoms with E-state index >= 15 is 0 Å². The minimum absolute atomic E-state index is 0.0376. The van der Waals surface area contributed by atoms with E-state index < -0.39 is 0 Å². The van der Waals surface area contributed by atoms with Gasteiger partial charge in [0.25, 0.3) is 0 Å². The second-order valence-corrected chi connectivity index (χ2v) is 5.43. The highest BCUT2D eigenvalue weighted by atomic mass is 35.5. The summed E-state index contributed by atoms with van der Waals surface area (Å²) in [5, 5.41) is 0.622. The Bertz CT molecular complexity index is 413. The monoisotopic (exact) mass is 268 g/mol. The average molecular weight is 269 g/mol. The summed E-state index contributed by atoms with van der Waals surface area (Å²) in [7, 11) is 0. The highest BCUT2D eigenvalue weighted by molar-refractivity contribution is 6.32. The van der Waals surface area contributed by atoms with Gasteiger partial charge in [0.15, 0.2) is 0 Å². The van der Waals surface area contributed by atoms with Crippen molar-refractivity contribution in [2.75, 3.05) is 13.2 Å². The number of halogens is 1. The molecule has 0 bridgehead atoms. The molecule has 0 saturated heterocycles. The van der Waals surface area contributed by atoms with Gasteiger partial charge >= 0.3 is 0 Å². The van der Waals surface area contributed by atoms with Gasteiger partial charge in [0.2, 0.25) is 0 Å². The van der Waals surface area contributed by atoms with Crippen LogP contribution in [0.2, 0.25) is 5.02 Å². The molecule has 2 rings (SSSR count). The highest BCUT2D eigenvalue weighted by Gasteiger charge is 2.41. The largest absolute Gasteiger partial charge is 0.492 e. The summed E-state index contributed by atoms with van der Waals surface area (Å²) < 4.78 is 5.43. The first kappa shape index (κ1) is 13.7. The molecule has 1 aromatic carbocycles. The van der Waals surface area contributed by atoms with Gasteiger partial charge in [-0.1, -0.05) is 24.1 Å². The molecule has 18 heavy (non-hydrogen) atoms. The zero-order valence-corrected chi connectivity index (χ0v) is 11.5. The van der Waals surface area contributed by atoms with Crippen LogP contribution >= 0.6 is 11.6 Å². The lowest BCUT2D eigenvalue weighted by Crippen LogP contribution is -2.46. The summed E-state index contributed by atoms with van der Waals surface area (Å²) in [5.41, 5.74) is 13.4. The first-order valence-electron chi connectivity index (χ1n) is 6.51. The van der Waals surface area contributed by atoms with Crippen LogP contribution in [-0.2, 0) is 0 Å². The molecule has 1 atom stereocenters. The van der Waals surface area contributed by atoms with Crippen LogP contribution in [0.1, 0.15) is 37.8 Å². The molecule has 4 N–H and O–H groups in total. The fourth-order valence-corrected chi connectivity index (χ4v) is 2.85. The van der Waals surface area contributed by atoms with Crippen molar-refractivity contribution in [1.82, 2.24) is 0 Å². The molecule has 1 saturated carbocycles. The molecule has 4 heteroatoms. The van der Waals surface area contributed by atoms with Crippen LogP contribution in [0.3, 0.4) is 0 Å². The third kappa shape index (κ3) is 2.35. The molecular formula is C14H21ClN2O. The zero-order valence-electron chi connectivity index (χ0n) is 10.8. The van der Waals surface area contributed by atoms with E-state index in [-0.39, 0.29) is 11.5 Å². The summed E-state index contributed by atoms with van der Waals surface area (Å²) in [5.74, 6) is 0.713. The molecule has 0 spiro atoms. The fraction of sp³-hybridized carbons (Fsp3) is 0.571. The van der Waals surface area contributed by atoms with Gasteiger partial charge in [-0.15, -0.1) is 0 Å². The summed E-state index contributed by atoms with van der Waals surface area (Å²) in [4.78, 5) is 0. The van der Waals surface area contributed by atoms with Crippen LogP contribution < -0.4 is 16.2 Å². The predicted molar refractivity (Wildman–Crippen MR) is 74.9 cm³/mol. The Kier molecular flexibility index (Phi) is 4.15. The van der Waals surface area contributed by atoms with Crippen molar-refractivity contribution in [2.45, 2.75) is 32.2 Å². The van der Waals surface area contributed by atoms with Crippen molar-refractivity contribution in [3.8, 4) is 5.75 Å². The molecule has 1 aliphatic carbocycles. The Morgan fingerprint density at radius 3 is 2.61 bits per heavy atom. The van der Waals surface area contributed by atoms with E-state index in [0.29, 0.717) is 23.9 Å². The Balaban J connectivity index is 2.20. The van der Waals surface area contributed by atoms with Gasteiger partial charge < -0.3 is 16.2 Å². The van der Waals surface area contributed by atoms with Crippen LogP contribution in [0.4, 0.5) is 0 Å². The maximum absolute atomic E-state index is 6.36. The van der Waals surface area contributed by atoms with E-state index in [4.69, 9.17) is 27.8 Å². The van der Waals surface area contributed by atoms with E-state index in [1.807, 2.05) is 25.1 Å². The van der Waals surface area contributed by atoms with Gasteiger partial charge in [0.1, 0.15) is 5.75 Å². The van der Waals surface area contributed by atoms with Crippen molar-refractivity contribution >= 4 is 11.6 Å². The predicted octanol–water partition coefficient (Wildman–Crippen LogP) is 2.87. The maximum Gasteiger partial charge on any atom is 0.137 e. The van der Waals surface area contributed by atoms with E-state index in [9.17, 15) is 0 Å². The molecule has 100 valence electrons. The number of hydrogen-bond acceptors (Lipinski definition) is 3. The Morgan fingerprint density at radius 2 is 2.17 bits per heavy atom. The van der Waals surface area contributed by atoms with Crippen LogP contribution in [0, 0.1) is 5.41 Å². The number of benzene rings is 1. The van der Waals surface area contributed by atoms with Crippen LogP contribution in [-0.4, -0.2) is 13.2 Å². The van der Waals surface area contributed by atoms with E-state index in [2.05, 4.69) is 0 Å². The molecule has 1 fully saturated rings. The first-order valence-corrected chi connectivity index (χ1v) is 6.88. The molecule has 0 aliphatic heterocycles. The number of hydrogen-bond donors (Lipinski definition) is 2. The van der Waals surface area contributed by atoms with Crippen molar-refractivity contribution in [3.63, 3.8) is 0 Å². The fourth-order valence-electron chi connectivity index (χ4n) is 2.61. The molecule has 1 aromatic rings. The van der Waals surface area contributed by atoms with Crippen molar-refractivity contribution in [2.24, 2.45) is 16.9 Å². The van der Waals surface area contributed by atoms with Crippen LogP contribution in [0.25, 0.3) is 0 Å². The number of rotatable bonds is 5. The molecule has 1 aliphatic rings. The van der Waals surface area contributed by atoms with E-state index in [0.717, 1.165) is 18.4 Å². The lowest BCUT2D eigenvalue weighted by Gasteiger charge is -2.45. The standard InChI is InChI=1S/C14H21ClN2O/c1-2-18-12-5-4-10(8-11(12)15)13(17)14(9-16)6-3-7-14/h4-5,8,13H,2-3,6-7,9,16-17H2,1H3. The van der Waals surface area contributed by atoms with Crippen LogP contribution in [0.15, 0.2) is 18.2 Å². The molecule has 1 unspecified atom stereocenters. The highest BCUT2D eigenvalue weighted by Crippen LogP contribution is 2.48. The Hall–Kier alpha value is -0.770. The third-order valence-electron chi connectivity index (χ3n) is 4.03. The second kappa shape index (κ2) is 5.47. The first-order chi connectivity index (χ1) is 8.63. The number of nitrogens with two attached hydrogens (primary N) is 2. The van der Waals surface area contributed by atoms with Gasteiger partial charge in [-0.3, -0.25) is 0 Å².